The molecule has 118 valence electrons. The Morgan fingerprint density at radius 2 is 2.22 bits per heavy atom. The first-order valence-corrected chi connectivity index (χ1v) is 8.25. The Kier molecular flexibility index (Phi) is 4.24. The van der Waals surface area contributed by atoms with Crippen molar-refractivity contribution in [2.45, 2.75) is 19.2 Å². The summed E-state index contributed by atoms with van der Waals surface area (Å²) in [4.78, 5) is 25.0. The van der Waals surface area contributed by atoms with E-state index in [9.17, 15) is 9.59 Å². The van der Waals surface area contributed by atoms with Crippen LogP contribution in [0.25, 0.3) is 6.08 Å². The van der Waals surface area contributed by atoms with Crippen LogP contribution in [0.2, 0.25) is 0 Å². The Bertz CT molecular complexity index is 806. The molecule has 2 aromatic rings. The molecule has 1 aliphatic heterocycles. The number of carbonyl (C=O) groups is 2. The molecular weight excluding hydrogens is 336 g/mol. The van der Waals surface area contributed by atoms with Crippen molar-refractivity contribution in [2.75, 3.05) is 0 Å². The van der Waals surface area contributed by atoms with Gasteiger partial charge in [0.15, 0.2) is 5.76 Å². The van der Waals surface area contributed by atoms with Gasteiger partial charge in [0, 0.05) is 17.0 Å². The van der Waals surface area contributed by atoms with E-state index in [1.54, 1.807) is 19.1 Å². The number of ketones is 1. The van der Waals surface area contributed by atoms with Gasteiger partial charge in [-0.05, 0) is 36.9 Å². The average Bonchev–Trinajstić information content (AvgIpc) is 3.08. The molecular formula is C17H13ClO4S. The number of aryl methyl sites for hydroxylation is 1. The van der Waals surface area contributed by atoms with E-state index in [4.69, 9.17) is 21.1 Å². The van der Waals surface area contributed by atoms with Crippen LogP contribution in [0.15, 0.2) is 35.4 Å². The molecule has 3 rings (SSSR count). The van der Waals surface area contributed by atoms with Crippen molar-refractivity contribution in [3.8, 4) is 11.5 Å². The average molecular weight is 349 g/mol. The van der Waals surface area contributed by atoms with Gasteiger partial charge in [-0.25, -0.2) is 0 Å². The smallest absolute Gasteiger partial charge is 0.329 e. The van der Waals surface area contributed by atoms with Crippen LogP contribution in [0.1, 0.15) is 27.7 Å². The van der Waals surface area contributed by atoms with E-state index >= 15 is 0 Å². The van der Waals surface area contributed by atoms with Crippen LogP contribution in [-0.4, -0.2) is 17.1 Å². The molecule has 0 radical (unpaired) electrons. The fourth-order valence-electron chi connectivity index (χ4n) is 2.24. The van der Waals surface area contributed by atoms with E-state index < -0.39 is 11.3 Å². The quantitative estimate of drug-likeness (QED) is 0.361. The van der Waals surface area contributed by atoms with Crippen LogP contribution in [0.3, 0.4) is 0 Å². The molecule has 0 fully saturated rings. The first-order chi connectivity index (χ1) is 11.0. The van der Waals surface area contributed by atoms with Gasteiger partial charge < -0.3 is 9.47 Å². The van der Waals surface area contributed by atoms with E-state index in [2.05, 4.69) is 0 Å². The number of allylic oxidation sites excluding steroid dienone is 1. The maximum absolute atomic E-state index is 12.5. The van der Waals surface area contributed by atoms with Crippen molar-refractivity contribution in [2.24, 2.45) is 0 Å². The van der Waals surface area contributed by atoms with Crippen molar-refractivity contribution in [3.63, 3.8) is 0 Å². The van der Waals surface area contributed by atoms with Gasteiger partial charge in [-0.2, -0.15) is 0 Å². The maximum atomic E-state index is 12.5. The topological polar surface area (TPSA) is 52.6 Å². The molecule has 0 saturated carbocycles. The second kappa shape index (κ2) is 6.18. The zero-order valence-electron chi connectivity index (χ0n) is 12.5. The van der Waals surface area contributed by atoms with Gasteiger partial charge >= 0.3 is 5.97 Å². The predicted molar refractivity (Wildman–Crippen MR) is 89.4 cm³/mol. The standard InChI is InChI=1S/C17H13ClO4S/c1-9-6-11(21-17(20)10(2)18)7-13-15(9)16(19)14(22-13)8-12-4-3-5-23-12/h3-8,10H,1-2H3/b14-8-. The number of alkyl halides is 1. The third-order valence-corrected chi connectivity index (χ3v) is 4.30. The van der Waals surface area contributed by atoms with Gasteiger partial charge in [-0.3, -0.25) is 9.59 Å². The molecule has 0 amide bonds. The summed E-state index contributed by atoms with van der Waals surface area (Å²) in [6, 6.07) is 6.97. The Hall–Kier alpha value is -2.11. The van der Waals surface area contributed by atoms with Crippen LogP contribution >= 0.6 is 22.9 Å². The molecule has 0 N–H and O–H groups in total. The van der Waals surface area contributed by atoms with Crippen molar-refractivity contribution < 1.29 is 19.1 Å². The van der Waals surface area contributed by atoms with Crippen molar-refractivity contribution in [1.82, 2.24) is 0 Å². The lowest BCUT2D eigenvalue weighted by Crippen LogP contribution is -2.17. The summed E-state index contributed by atoms with van der Waals surface area (Å²) in [5.41, 5.74) is 1.18. The summed E-state index contributed by atoms with van der Waals surface area (Å²) in [5, 5.41) is 1.18. The number of thiophene rings is 1. The van der Waals surface area contributed by atoms with Crippen LogP contribution < -0.4 is 9.47 Å². The van der Waals surface area contributed by atoms with E-state index in [-0.39, 0.29) is 11.5 Å². The fraction of sp³-hybridized carbons (Fsp3) is 0.176. The monoisotopic (exact) mass is 348 g/mol. The Morgan fingerprint density at radius 1 is 1.43 bits per heavy atom. The van der Waals surface area contributed by atoms with Gasteiger partial charge in [-0.15, -0.1) is 22.9 Å². The largest absolute Gasteiger partial charge is 0.452 e. The summed E-state index contributed by atoms with van der Waals surface area (Å²) >= 11 is 7.21. The summed E-state index contributed by atoms with van der Waals surface area (Å²) < 4.78 is 10.8. The second-order valence-electron chi connectivity index (χ2n) is 5.11. The minimum atomic E-state index is -0.750. The number of benzene rings is 1. The van der Waals surface area contributed by atoms with E-state index in [1.807, 2.05) is 17.5 Å². The van der Waals surface area contributed by atoms with Crippen LogP contribution in [0.5, 0.6) is 11.5 Å². The first kappa shape index (κ1) is 15.8. The third kappa shape index (κ3) is 3.16. The highest BCUT2D eigenvalue weighted by Gasteiger charge is 2.30. The normalized spacial score (nSPS) is 16.1. The Balaban J connectivity index is 1.93. The van der Waals surface area contributed by atoms with Crippen LogP contribution in [0, 0.1) is 6.92 Å². The molecule has 0 bridgehead atoms. The lowest BCUT2D eigenvalue weighted by atomic mass is 10.0. The molecule has 0 aliphatic carbocycles. The molecule has 0 saturated heterocycles. The SMILES string of the molecule is Cc1cc(OC(=O)C(C)Cl)cc2c1C(=O)/C(=C/c1cccs1)O2. The van der Waals surface area contributed by atoms with E-state index in [1.165, 1.54) is 24.3 Å². The van der Waals surface area contributed by atoms with Crippen LogP contribution in [0.4, 0.5) is 0 Å². The summed E-state index contributed by atoms with van der Waals surface area (Å²) in [7, 11) is 0. The van der Waals surface area contributed by atoms with Crippen molar-refractivity contribution >= 4 is 40.8 Å². The Labute approximate surface area is 142 Å². The number of ether oxygens (including phenoxy) is 2. The molecule has 1 atom stereocenters. The molecule has 2 heterocycles. The Morgan fingerprint density at radius 3 is 2.87 bits per heavy atom. The highest BCUT2D eigenvalue weighted by molar-refractivity contribution is 7.10. The number of hydrogen-bond donors (Lipinski definition) is 0. The first-order valence-electron chi connectivity index (χ1n) is 6.94. The summed E-state index contributed by atoms with van der Waals surface area (Å²) in [6.07, 6.45) is 1.71. The van der Waals surface area contributed by atoms with Gasteiger partial charge in [0.1, 0.15) is 16.9 Å². The fourth-order valence-corrected chi connectivity index (χ4v) is 2.93. The molecule has 4 nitrogen and oxygen atoms in total. The minimum Gasteiger partial charge on any atom is -0.452 e. The molecule has 23 heavy (non-hydrogen) atoms. The number of Topliss-reactive ketones (excluding diaryl/α,β-unsaturated/α-hetero) is 1. The maximum Gasteiger partial charge on any atom is 0.329 e. The lowest BCUT2D eigenvalue weighted by molar-refractivity contribution is -0.133. The molecule has 1 aromatic heterocycles. The number of halogens is 1. The molecule has 0 spiro atoms. The lowest BCUT2D eigenvalue weighted by Gasteiger charge is -2.08. The van der Waals surface area contributed by atoms with Crippen molar-refractivity contribution in [1.29, 1.82) is 0 Å². The number of rotatable bonds is 3. The molecule has 1 aromatic carbocycles. The number of esters is 1. The summed E-state index contributed by atoms with van der Waals surface area (Å²) in [6.45, 7) is 3.31. The molecule has 6 heteroatoms. The van der Waals surface area contributed by atoms with Gasteiger partial charge in [-0.1, -0.05) is 6.07 Å². The zero-order chi connectivity index (χ0) is 16.6. The minimum absolute atomic E-state index is 0.172. The zero-order valence-corrected chi connectivity index (χ0v) is 14.0. The summed E-state index contributed by atoms with van der Waals surface area (Å²) in [5.74, 6) is 0.241. The van der Waals surface area contributed by atoms with Crippen LogP contribution in [-0.2, 0) is 4.79 Å². The van der Waals surface area contributed by atoms with E-state index in [0.29, 0.717) is 22.6 Å². The predicted octanol–water partition coefficient (Wildman–Crippen LogP) is 4.21. The molecule has 1 aliphatic rings. The van der Waals surface area contributed by atoms with Gasteiger partial charge in [0.05, 0.1) is 5.56 Å². The highest BCUT2D eigenvalue weighted by atomic mass is 35.5. The number of fused-ring (bicyclic) bond motifs is 1. The number of hydrogen-bond acceptors (Lipinski definition) is 5. The highest BCUT2D eigenvalue weighted by Crippen LogP contribution is 2.37. The van der Waals surface area contributed by atoms with E-state index in [0.717, 1.165) is 4.88 Å². The number of carbonyl (C=O) groups excluding carboxylic acids is 2. The van der Waals surface area contributed by atoms with Crippen molar-refractivity contribution in [3.05, 3.63) is 51.4 Å². The molecule has 1 unspecified atom stereocenters. The second-order valence-corrected chi connectivity index (χ2v) is 6.74. The third-order valence-electron chi connectivity index (χ3n) is 3.30. The van der Waals surface area contributed by atoms with Gasteiger partial charge in [0.25, 0.3) is 0 Å². The van der Waals surface area contributed by atoms with Gasteiger partial charge in [0.2, 0.25) is 5.78 Å².